The summed E-state index contributed by atoms with van der Waals surface area (Å²) >= 11 is 5.73. The van der Waals surface area contributed by atoms with Gasteiger partial charge in [-0.15, -0.1) is 0 Å². The molecular formula is C13H15ClF2N2O. The van der Waals surface area contributed by atoms with Crippen molar-refractivity contribution >= 4 is 23.2 Å². The predicted octanol–water partition coefficient (Wildman–Crippen LogP) is 3.81. The van der Waals surface area contributed by atoms with Crippen molar-refractivity contribution in [3.05, 3.63) is 23.0 Å². The Morgan fingerprint density at radius 3 is 2.63 bits per heavy atom. The van der Waals surface area contributed by atoms with E-state index in [2.05, 4.69) is 10.3 Å². The number of rotatable bonds is 2. The average molecular weight is 289 g/mol. The van der Waals surface area contributed by atoms with E-state index in [0.717, 1.165) is 0 Å². The number of carbonyl (C=O) groups excluding carboxylic acids is 1. The SMILES string of the molecule is Cc1nc(Cl)ccc1NC(=O)C1CCC(F)(F)CC1. The lowest BCUT2D eigenvalue weighted by molar-refractivity contribution is -0.124. The lowest BCUT2D eigenvalue weighted by Gasteiger charge is -2.27. The Balaban J connectivity index is 1.98. The van der Waals surface area contributed by atoms with Gasteiger partial charge in [-0.1, -0.05) is 11.6 Å². The molecule has 3 nitrogen and oxygen atoms in total. The van der Waals surface area contributed by atoms with Gasteiger partial charge in [-0.25, -0.2) is 13.8 Å². The van der Waals surface area contributed by atoms with Crippen molar-refractivity contribution in [3.8, 4) is 0 Å². The quantitative estimate of drug-likeness (QED) is 0.841. The van der Waals surface area contributed by atoms with Gasteiger partial charge in [0, 0.05) is 18.8 Å². The van der Waals surface area contributed by atoms with Gasteiger partial charge in [0.25, 0.3) is 0 Å². The summed E-state index contributed by atoms with van der Waals surface area (Å²) in [4.78, 5) is 16.0. The number of aryl methyl sites for hydroxylation is 1. The van der Waals surface area contributed by atoms with Crippen LogP contribution in [0.1, 0.15) is 31.4 Å². The molecule has 1 fully saturated rings. The smallest absolute Gasteiger partial charge is 0.248 e. The maximum atomic E-state index is 13.0. The van der Waals surface area contributed by atoms with Gasteiger partial charge in [0.1, 0.15) is 5.15 Å². The summed E-state index contributed by atoms with van der Waals surface area (Å²) in [5.74, 6) is -3.19. The molecular weight excluding hydrogens is 274 g/mol. The van der Waals surface area contributed by atoms with Gasteiger partial charge in [0.05, 0.1) is 11.4 Å². The minimum absolute atomic E-state index is 0.219. The highest BCUT2D eigenvalue weighted by Crippen LogP contribution is 2.36. The predicted molar refractivity (Wildman–Crippen MR) is 69.5 cm³/mol. The molecule has 1 heterocycles. The van der Waals surface area contributed by atoms with Crippen LogP contribution in [-0.2, 0) is 4.79 Å². The molecule has 6 heteroatoms. The molecule has 0 unspecified atom stereocenters. The van der Waals surface area contributed by atoms with Crippen molar-refractivity contribution in [2.45, 2.75) is 38.5 Å². The molecule has 104 valence electrons. The lowest BCUT2D eigenvalue weighted by atomic mass is 9.86. The zero-order valence-electron chi connectivity index (χ0n) is 10.5. The topological polar surface area (TPSA) is 42.0 Å². The lowest BCUT2D eigenvalue weighted by Crippen LogP contribution is -2.32. The summed E-state index contributed by atoms with van der Waals surface area (Å²) in [5.41, 5.74) is 1.19. The van der Waals surface area contributed by atoms with Crippen molar-refractivity contribution in [1.29, 1.82) is 0 Å². The zero-order valence-corrected chi connectivity index (χ0v) is 11.3. The molecule has 0 aliphatic heterocycles. The maximum Gasteiger partial charge on any atom is 0.248 e. The Morgan fingerprint density at radius 1 is 1.42 bits per heavy atom. The number of carbonyl (C=O) groups is 1. The molecule has 1 aliphatic rings. The van der Waals surface area contributed by atoms with Crippen LogP contribution < -0.4 is 5.32 Å². The second kappa shape index (κ2) is 5.41. The third-order valence-corrected chi connectivity index (χ3v) is 3.61. The first-order valence-electron chi connectivity index (χ1n) is 6.19. The zero-order chi connectivity index (χ0) is 14.0. The van der Waals surface area contributed by atoms with E-state index in [0.29, 0.717) is 16.5 Å². The normalized spacial score (nSPS) is 19.2. The molecule has 1 aromatic rings. The van der Waals surface area contributed by atoms with Gasteiger partial charge in [-0.05, 0) is 31.9 Å². The maximum absolute atomic E-state index is 13.0. The highest BCUT2D eigenvalue weighted by molar-refractivity contribution is 6.29. The van der Waals surface area contributed by atoms with Crippen molar-refractivity contribution in [2.75, 3.05) is 5.32 Å². The van der Waals surface area contributed by atoms with Crippen LogP contribution in [0.4, 0.5) is 14.5 Å². The number of alkyl halides is 2. The van der Waals surface area contributed by atoms with E-state index in [1.54, 1.807) is 19.1 Å². The molecule has 0 saturated heterocycles. The second-order valence-corrected chi connectivity index (χ2v) is 5.27. The second-order valence-electron chi connectivity index (χ2n) is 4.89. The van der Waals surface area contributed by atoms with E-state index in [1.165, 1.54) is 0 Å². The van der Waals surface area contributed by atoms with E-state index in [9.17, 15) is 13.6 Å². The third kappa shape index (κ3) is 3.62. The first-order valence-corrected chi connectivity index (χ1v) is 6.57. The number of nitrogens with one attached hydrogen (secondary N) is 1. The van der Waals surface area contributed by atoms with Crippen LogP contribution >= 0.6 is 11.6 Å². The largest absolute Gasteiger partial charge is 0.324 e. The molecule has 2 rings (SSSR count). The monoisotopic (exact) mass is 288 g/mol. The Kier molecular flexibility index (Phi) is 4.04. The van der Waals surface area contributed by atoms with Gasteiger partial charge in [-0.3, -0.25) is 4.79 Å². The Hall–Kier alpha value is -1.23. The highest BCUT2D eigenvalue weighted by Gasteiger charge is 2.37. The molecule has 19 heavy (non-hydrogen) atoms. The minimum atomic E-state index is -2.62. The summed E-state index contributed by atoms with van der Waals surface area (Å²) < 4.78 is 26.0. The van der Waals surface area contributed by atoms with Crippen LogP contribution in [0, 0.1) is 12.8 Å². The number of pyridine rings is 1. The van der Waals surface area contributed by atoms with Crippen molar-refractivity contribution in [3.63, 3.8) is 0 Å². The summed E-state index contributed by atoms with van der Waals surface area (Å²) in [6, 6.07) is 3.25. The molecule has 0 spiro atoms. The number of hydrogen-bond acceptors (Lipinski definition) is 2. The van der Waals surface area contributed by atoms with Crippen molar-refractivity contribution in [2.24, 2.45) is 5.92 Å². The number of amides is 1. The van der Waals surface area contributed by atoms with Gasteiger partial charge in [0.15, 0.2) is 0 Å². The van der Waals surface area contributed by atoms with E-state index in [1.807, 2.05) is 0 Å². The van der Waals surface area contributed by atoms with Gasteiger partial charge < -0.3 is 5.32 Å². The number of nitrogens with zero attached hydrogens (tertiary/aromatic N) is 1. The van der Waals surface area contributed by atoms with Crippen LogP contribution in [-0.4, -0.2) is 16.8 Å². The molecule has 0 bridgehead atoms. The first kappa shape index (κ1) is 14.2. The summed E-state index contributed by atoms with van der Waals surface area (Å²) in [6.07, 6.45) is 0.00364. The Bertz CT molecular complexity index is 484. The fraction of sp³-hybridized carbons (Fsp3) is 0.538. The fourth-order valence-electron chi connectivity index (χ4n) is 2.20. The number of aromatic nitrogens is 1. The molecule has 1 amide bonds. The van der Waals surface area contributed by atoms with Gasteiger partial charge >= 0.3 is 0 Å². The van der Waals surface area contributed by atoms with Gasteiger partial charge in [-0.2, -0.15) is 0 Å². The van der Waals surface area contributed by atoms with Crippen molar-refractivity contribution in [1.82, 2.24) is 4.98 Å². The molecule has 1 saturated carbocycles. The van der Waals surface area contributed by atoms with Crippen LogP contribution in [0.5, 0.6) is 0 Å². The molecule has 1 N–H and O–H groups in total. The van der Waals surface area contributed by atoms with E-state index in [4.69, 9.17) is 11.6 Å². The van der Waals surface area contributed by atoms with E-state index in [-0.39, 0.29) is 37.5 Å². The van der Waals surface area contributed by atoms with Crippen LogP contribution in [0.25, 0.3) is 0 Å². The highest BCUT2D eigenvalue weighted by atomic mass is 35.5. The molecule has 0 radical (unpaired) electrons. The molecule has 0 aromatic carbocycles. The minimum Gasteiger partial charge on any atom is -0.324 e. The fourth-order valence-corrected chi connectivity index (χ4v) is 2.39. The van der Waals surface area contributed by atoms with Crippen LogP contribution in [0.15, 0.2) is 12.1 Å². The van der Waals surface area contributed by atoms with E-state index < -0.39 is 5.92 Å². The number of anilines is 1. The first-order chi connectivity index (χ1) is 8.87. The average Bonchev–Trinajstić information content (AvgIpc) is 2.32. The summed E-state index contributed by atoms with van der Waals surface area (Å²) in [7, 11) is 0. The molecule has 1 aromatic heterocycles. The molecule has 0 atom stereocenters. The molecule has 1 aliphatic carbocycles. The standard InChI is InChI=1S/C13H15ClF2N2O/c1-8-10(2-3-11(14)17-8)18-12(19)9-4-6-13(15,16)7-5-9/h2-3,9H,4-7H2,1H3,(H,18,19). The Labute approximate surface area is 115 Å². The van der Waals surface area contributed by atoms with E-state index >= 15 is 0 Å². The van der Waals surface area contributed by atoms with Crippen LogP contribution in [0.3, 0.4) is 0 Å². The number of halogens is 3. The summed E-state index contributed by atoms with van der Waals surface area (Å²) in [6.45, 7) is 1.73. The third-order valence-electron chi connectivity index (χ3n) is 3.40. The van der Waals surface area contributed by atoms with Gasteiger partial charge in [0.2, 0.25) is 11.8 Å². The van der Waals surface area contributed by atoms with Crippen molar-refractivity contribution < 1.29 is 13.6 Å². The number of hydrogen-bond donors (Lipinski definition) is 1. The van der Waals surface area contributed by atoms with Crippen LogP contribution in [0.2, 0.25) is 5.15 Å². The Morgan fingerprint density at radius 2 is 2.05 bits per heavy atom. The summed E-state index contributed by atoms with van der Waals surface area (Å²) in [5, 5.41) is 3.08.